The van der Waals surface area contributed by atoms with Crippen molar-refractivity contribution in [2.45, 2.75) is 12.5 Å². The quantitative estimate of drug-likeness (QED) is 0.756. The molecule has 3 heterocycles. The molecule has 1 atom stereocenters. The Morgan fingerprint density at radius 1 is 1.45 bits per heavy atom. The highest BCUT2D eigenvalue weighted by Crippen LogP contribution is 2.20. The fourth-order valence-corrected chi connectivity index (χ4v) is 2.73. The van der Waals surface area contributed by atoms with Gasteiger partial charge in [-0.05, 0) is 12.1 Å². The van der Waals surface area contributed by atoms with E-state index in [9.17, 15) is 0 Å². The summed E-state index contributed by atoms with van der Waals surface area (Å²) >= 11 is 1.62. The van der Waals surface area contributed by atoms with E-state index in [4.69, 9.17) is 4.42 Å². The molecule has 0 saturated heterocycles. The predicted octanol–water partition coefficient (Wildman–Crippen LogP) is 2.39. The molecule has 6 heteroatoms. The van der Waals surface area contributed by atoms with Gasteiger partial charge in [-0.25, -0.2) is 9.97 Å². The summed E-state index contributed by atoms with van der Waals surface area (Å²) in [6.45, 7) is 0.821. The summed E-state index contributed by atoms with van der Waals surface area (Å²) in [7, 11) is 1.99. The van der Waals surface area contributed by atoms with Crippen LogP contribution < -0.4 is 5.32 Å². The highest BCUT2D eigenvalue weighted by atomic mass is 32.1. The van der Waals surface area contributed by atoms with Crippen molar-refractivity contribution in [2.75, 3.05) is 6.54 Å². The molecule has 1 N–H and O–H groups in total. The van der Waals surface area contributed by atoms with Gasteiger partial charge in [-0.1, -0.05) is 0 Å². The van der Waals surface area contributed by atoms with E-state index in [1.165, 1.54) is 0 Å². The average Bonchev–Trinajstić information content (AvgIpc) is 3.18. The highest BCUT2D eigenvalue weighted by molar-refractivity contribution is 7.07. The second kappa shape index (κ2) is 6.02. The van der Waals surface area contributed by atoms with Crippen LogP contribution in [0, 0.1) is 0 Å². The molecular formula is C14H16N4OS. The summed E-state index contributed by atoms with van der Waals surface area (Å²) in [5.74, 6) is 1.82. The van der Waals surface area contributed by atoms with Crippen LogP contribution >= 0.6 is 11.3 Å². The molecule has 0 fully saturated rings. The number of rotatable bonds is 6. The van der Waals surface area contributed by atoms with Gasteiger partial charge in [-0.3, -0.25) is 0 Å². The summed E-state index contributed by atoms with van der Waals surface area (Å²) in [4.78, 5) is 8.71. The van der Waals surface area contributed by atoms with Crippen molar-refractivity contribution in [1.82, 2.24) is 19.9 Å². The Bertz CT molecular complexity index is 630. The van der Waals surface area contributed by atoms with Crippen LogP contribution in [0.3, 0.4) is 0 Å². The second-order valence-corrected chi connectivity index (χ2v) is 5.25. The van der Waals surface area contributed by atoms with E-state index in [1.807, 2.05) is 35.5 Å². The lowest BCUT2D eigenvalue weighted by Gasteiger charge is -2.16. The largest absolute Gasteiger partial charge is 0.467 e. The van der Waals surface area contributed by atoms with Crippen molar-refractivity contribution in [3.8, 4) is 0 Å². The number of hydrogen-bond donors (Lipinski definition) is 1. The number of aryl methyl sites for hydroxylation is 1. The van der Waals surface area contributed by atoms with Crippen molar-refractivity contribution < 1.29 is 4.42 Å². The van der Waals surface area contributed by atoms with Gasteiger partial charge in [-0.15, -0.1) is 11.3 Å². The van der Waals surface area contributed by atoms with Crippen LogP contribution in [0.4, 0.5) is 0 Å². The van der Waals surface area contributed by atoms with Crippen LogP contribution in [0.1, 0.15) is 23.3 Å². The maximum atomic E-state index is 5.53. The van der Waals surface area contributed by atoms with Crippen LogP contribution in [-0.4, -0.2) is 21.1 Å². The van der Waals surface area contributed by atoms with Crippen molar-refractivity contribution in [1.29, 1.82) is 0 Å². The fourth-order valence-electron chi connectivity index (χ4n) is 2.14. The summed E-state index contributed by atoms with van der Waals surface area (Å²) in [6.07, 6.45) is 6.32. The topological polar surface area (TPSA) is 55.9 Å². The first-order valence-corrected chi connectivity index (χ1v) is 7.40. The van der Waals surface area contributed by atoms with Gasteiger partial charge in [0.1, 0.15) is 17.6 Å². The molecular weight excluding hydrogens is 272 g/mol. The van der Waals surface area contributed by atoms with E-state index >= 15 is 0 Å². The molecule has 5 nitrogen and oxygen atoms in total. The molecule has 0 aliphatic rings. The minimum atomic E-state index is -0.0383. The number of thiazole rings is 1. The van der Waals surface area contributed by atoms with E-state index in [1.54, 1.807) is 23.8 Å². The Morgan fingerprint density at radius 3 is 3.05 bits per heavy atom. The third kappa shape index (κ3) is 2.81. The third-order valence-corrected chi connectivity index (χ3v) is 3.79. The summed E-state index contributed by atoms with van der Waals surface area (Å²) in [5, 5.41) is 5.56. The van der Waals surface area contributed by atoms with Gasteiger partial charge in [0.05, 0.1) is 17.5 Å². The Hall–Kier alpha value is -1.92. The lowest BCUT2D eigenvalue weighted by atomic mass is 10.2. The smallest absolute Gasteiger partial charge is 0.133 e. The van der Waals surface area contributed by atoms with Crippen LogP contribution in [-0.2, 0) is 13.5 Å². The zero-order valence-electron chi connectivity index (χ0n) is 11.2. The monoisotopic (exact) mass is 288 g/mol. The minimum absolute atomic E-state index is 0.0383. The van der Waals surface area contributed by atoms with Crippen molar-refractivity contribution >= 4 is 11.3 Å². The first kappa shape index (κ1) is 13.1. The van der Waals surface area contributed by atoms with E-state index in [0.29, 0.717) is 0 Å². The molecule has 1 unspecified atom stereocenters. The fraction of sp³-hybridized carbons (Fsp3) is 0.286. The Kier molecular flexibility index (Phi) is 3.94. The molecule has 3 rings (SSSR count). The number of furan rings is 1. The first-order chi connectivity index (χ1) is 9.84. The van der Waals surface area contributed by atoms with E-state index in [0.717, 1.165) is 30.2 Å². The maximum Gasteiger partial charge on any atom is 0.133 e. The molecule has 3 aromatic rings. The Labute approximate surface area is 121 Å². The molecule has 0 radical (unpaired) electrons. The van der Waals surface area contributed by atoms with Crippen molar-refractivity contribution in [3.05, 3.63) is 59.0 Å². The standard InChI is InChI=1S/C14H16N4OS/c1-18-7-6-16-14(18)13(12-3-2-8-19-12)15-5-4-11-9-20-10-17-11/h2-3,6-10,13,15H,4-5H2,1H3. The summed E-state index contributed by atoms with van der Waals surface area (Å²) < 4.78 is 7.54. The molecule has 0 saturated carbocycles. The van der Waals surface area contributed by atoms with Crippen molar-refractivity contribution in [3.63, 3.8) is 0 Å². The number of hydrogen-bond acceptors (Lipinski definition) is 5. The lowest BCUT2D eigenvalue weighted by molar-refractivity contribution is 0.431. The summed E-state index contributed by atoms with van der Waals surface area (Å²) in [5.41, 5.74) is 2.97. The second-order valence-electron chi connectivity index (χ2n) is 4.53. The van der Waals surface area contributed by atoms with E-state index in [-0.39, 0.29) is 6.04 Å². The first-order valence-electron chi connectivity index (χ1n) is 6.45. The van der Waals surface area contributed by atoms with E-state index < -0.39 is 0 Å². The van der Waals surface area contributed by atoms with Gasteiger partial charge in [0.15, 0.2) is 0 Å². The zero-order valence-corrected chi connectivity index (χ0v) is 12.0. The molecule has 104 valence electrons. The van der Waals surface area contributed by atoms with Crippen molar-refractivity contribution in [2.24, 2.45) is 7.05 Å². The van der Waals surface area contributed by atoms with Crippen LogP contribution in [0.25, 0.3) is 0 Å². The van der Waals surface area contributed by atoms with Crippen LogP contribution in [0.2, 0.25) is 0 Å². The molecule has 0 aliphatic heterocycles. The SMILES string of the molecule is Cn1ccnc1C(NCCc1cscn1)c1ccco1. The minimum Gasteiger partial charge on any atom is -0.467 e. The van der Waals surface area contributed by atoms with Gasteiger partial charge in [-0.2, -0.15) is 0 Å². The molecule has 0 bridgehead atoms. The zero-order chi connectivity index (χ0) is 13.8. The molecule has 3 aromatic heterocycles. The van der Waals surface area contributed by atoms with Gasteiger partial charge < -0.3 is 14.3 Å². The average molecular weight is 288 g/mol. The van der Waals surface area contributed by atoms with Gasteiger partial charge >= 0.3 is 0 Å². The van der Waals surface area contributed by atoms with Gasteiger partial charge in [0, 0.05) is 37.8 Å². The molecule has 0 aliphatic carbocycles. The third-order valence-electron chi connectivity index (χ3n) is 3.16. The van der Waals surface area contributed by atoms with Gasteiger partial charge in [0.25, 0.3) is 0 Å². The Balaban J connectivity index is 1.72. The summed E-state index contributed by atoms with van der Waals surface area (Å²) in [6, 6.07) is 3.83. The molecule has 0 spiro atoms. The number of imidazole rings is 1. The predicted molar refractivity (Wildman–Crippen MR) is 77.6 cm³/mol. The Morgan fingerprint density at radius 2 is 2.40 bits per heavy atom. The lowest BCUT2D eigenvalue weighted by Crippen LogP contribution is -2.26. The molecule has 0 amide bonds. The maximum absolute atomic E-state index is 5.53. The van der Waals surface area contributed by atoms with E-state index in [2.05, 4.69) is 20.7 Å². The molecule has 0 aromatic carbocycles. The normalized spacial score (nSPS) is 12.7. The number of aromatic nitrogens is 3. The van der Waals surface area contributed by atoms with Gasteiger partial charge in [0.2, 0.25) is 0 Å². The van der Waals surface area contributed by atoms with Crippen LogP contribution in [0.5, 0.6) is 0 Å². The molecule has 20 heavy (non-hydrogen) atoms. The highest BCUT2D eigenvalue weighted by Gasteiger charge is 2.20. The number of nitrogens with one attached hydrogen (secondary N) is 1. The van der Waals surface area contributed by atoms with Crippen LogP contribution in [0.15, 0.2) is 46.1 Å². The number of nitrogens with zero attached hydrogens (tertiary/aromatic N) is 3.